The summed E-state index contributed by atoms with van der Waals surface area (Å²) in [6.07, 6.45) is 1.74. The maximum absolute atomic E-state index is 14.3. The maximum atomic E-state index is 14.3. The molecule has 2 amide bonds. The molecular weight excluding hydrogens is 412 g/mol. The van der Waals surface area contributed by atoms with E-state index >= 15 is 0 Å². The number of rotatable bonds is 6. The lowest BCUT2D eigenvalue weighted by molar-refractivity contribution is 0.153. The van der Waals surface area contributed by atoms with Crippen LogP contribution in [0.15, 0.2) is 36.4 Å². The first-order chi connectivity index (χ1) is 15.3. The van der Waals surface area contributed by atoms with Crippen molar-refractivity contribution in [1.29, 1.82) is 0 Å². The zero-order valence-electron chi connectivity index (χ0n) is 18.6. The Morgan fingerprint density at radius 2 is 1.91 bits per heavy atom. The minimum Gasteiger partial charge on any atom is -0.394 e. The summed E-state index contributed by atoms with van der Waals surface area (Å²) in [6.45, 7) is 4.13. The Balaban J connectivity index is 1.55. The fraction of sp³-hybridized carbons (Fsp3) is 0.400. The molecule has 1 aliphatic rings. The third-order valence-electron chi connectivity index (χ3n) is 6.67. The largest absolute Gasteiger partial charge is 0.394 e. The third kappa shape index (κ3) is 4.21. The summed E-state index contributed by atoms with van der Waals surface area (Å²) < 4.78 is 27.7. The van der Waals surface area contributed by atoms with Crippen LogP contribution >= 0.6 is 0 Å². The number of urea groups is 1. The smallest absolute Gasteiger partial charge is 0.317 e. The molecule has 0 bridgehead atoms. The fourth-order valence-electron chi connectivity index (χ4n) is 4.53. The molecule has 1 fully saturated rings. The van der Waals surface area contributed by atoms with Gasteiger partial charge >= 0.3 is 6.03 Å². The summed E-state index contributed by atoms with van der Waals surface area (Å²) in [5.41, 5.74) is 4.56. The Hall–Kier alpha value is -2.93. The van der Waals surface area contributed by atoms with Crippen LogP contribution < -0.4 is 5.32 Å². The maximum Gasteiger partial charge on any atom is 0.317 e. The molecule has 32 heavy (non-hydrogen) atoms. The summed E-state index contributed by atoms with van der Waals surface area (Å²) in [7, 11) is 1.66. The summed E-state index contributed by atoms with van der Waals surface area (Å²) in [4.78, 5) is 17.2. The molecule has 1 heterocycles. The van der Waals surface area contributed by atoms with E-state index in [1.807, 2.05) is 6.92 Å². The standard InChI is InChI=1S/C25H29F2N3O2/c1-14-8-20(27)11-21-22(24(29-23(14)21)17-4-6-19(26)7-5-17)18-9-16(10-18)12-28-25(32)30(3)15(2)13-31/h4-8,11,15-16,18,29,31H,9-10,12-13H2,1-3H3,(H,28,32)/t15-,16-,18-/m1/s1. The van der Waals surface area contributed by atoms with Crippen LogP contribution in [0.25, 0.3) is 22.2 Å². The van der Waals surface area contributed by atoms with Crippen molar-refractivity contribution < 1.29 is 18.7 Å². The van der Waals surface area contributed by atoms with Gasteiger partial charge in [-0.05, 0) is 91.6 Å². The number of carbonyl (C=O) groups is 1. The normalized spacial score (nSPS) is 18.9. The number of carbonyl (C=O) groups excluding carboxylic acids is 1. The average molecular weight is 442 g/mol. The second-order valence-electron chi connectivity index (χ2n) is 8.93. The number of aromatic nitrogens is 1. The van der Waals surface area contributed by atoms with Crippen molar-refractivity contribution in [2.24, 2.45) is 5.92 Å². The first kappa shape index (κ1) is 22.3. The zero-order valence-corrected chi connectivity index (χ0v) is 18.6. The Morgan fingerprint density at radius 3 is 2.56 bits per heavy atom. The van der Waals surface area contributed by atoms with Gasteiger partial charge in [-0.25, -0.2) is 13.6 Å². The van der Waals surface area contributed by atoms with E-state index in [4.69, 9.17) is 0 Å². The van der Waals surface area contributed by atoms with Crippen molar-refractivity contribution in [2.45, 2.75) is 38.6 Å². The van der Waals surface area contributed by atoms with Crippen molar-refractivity contribution >= 4 is 16.9 Å². The molecule has 0 spiro atoms. The second-order valence-corrected chi connectivity index (χ2v) is 8.93. The number of fused-ring (bicyclic) bond motifs is 1. The Kier molecular flexibility index (Phi) is 6.20. The van der Waals surface area contributed by atoms with Crippen LogP contribution in [0.2, 0.25) is 0 Å². The summed E-state index contributed by atoms with van der Waals surface area (Å²) >= 11 is 0. The van der Waals surface area contributed by atoms with Gasteiger partial charge < -0.3 is 20.3 Å². The predicted molar refractivity (Wildman–Crippen MR) is 122 cm³/mol. The van der Waals surface area contributed by atoms with Crippen molar-refractivity contribution in [3.8, 4) is 11.3 Å². The molecule has 3 N–H and O–H groups in total. The van der Waals surface area contributed by atoms with Gasteiger partial charge in [0, 0.05) is 30.2 Å². The summed E-state index contributed by atoms with van der Waals surface area (Å²) in [6, 6.07) is 8.98. The van der Waals surface area contributed by atoms with E-state index in [0.29, 0.717) is 12.5 Å². The molecule has 2 aromatic carbocycles. The van der Waals surface area contributed by atoms with E-state index in [-0.39, 0.29) is 36.2 Å². The van der Waals surface area contributed by atoms with Crippen LogP contribution in [-0.4, -0.2) is 47.3 Å². The number of hydrogen-bond donors (Lipinski definition) is 3. The number of amides is 2. The number of halogens is 2. The van der Waals surface area contributed by atoms with Gasteiger partial charge in [0.25, 0.3) is 0 Å². The number of aliphatic hydroxyl groups excluding tert-OH is 1. The monoisotopic (exact) mass is 441 g/mol. The lowest BCUT2D eigenvalue weighted by Gasteiger charge is -2.37. The number of nitrogens with one attached hydrogen (secondary N) is 2. The minimum absolute atomic E-state index is 0.0852. The van der Waals surface area contributed by atoms with Gasteiger partial charge in [0.1, 0.15) is 11.6 Å². The van der Waals surface area contributed by atoms with Gasteiger partial charge in [0.05, 0.1) is 12.6 Å². The van der Waals surface area contributed by atoms with Crippen LogP contribution in [0.3, 0.4) is 0 Å². The number of aryl methyl sites for hydroxylation is 1. The third-order valence-corrected chi connectivity index (χ3v) is 6.67. The molecule has 4 rings (SSSR count). The van der Waals surface area contributed by atoms with Crippen LogP contribution in [0.4, 0.5) is 13.6 Å². The van der Waals surface area contributed by atoms with Gasteiger partial charge in [-0.3, -0.25) is 0 Å². The van der Waals surface area contributed by atoms with E-state index in [2.05, 4.69) is 10.3 Å². The molecule has 0 unspecified atom stereocenters. The van der Waals surface area contributed by atoms with E-state index in [0.717, 1.165) is 46.1 Å². The first-order valence-electron chi connectivity index (χ1n) is 11.0. The molecule has 1 aromatic heterocycles. The van der Waals surface area contributed by atoms with Crippen molar-refractivity contribution in [2.75, 3.05) is 20.2 Å². The van der Waals surface area contributed by atoms with Crippen molar-refractivity contribution in [1.82, 2.24) is 15.2 Å². The molecule has 1 saturated carbocycles. The molecular formula is C25H29F2N3O2. The SMILES string of the molecule is Cc1cc(F)cc2c1[nH]c(-c1ccc(F)cc1)c2[C@H]1C[C@H](CNC(=O)N(C)[C@H](C)CO)C1. The van der Waals surface area contributed by atoms with Crippen molar-refractivity contribution in [3.05, 3.63) is 59.2 Å². The van der Waals surface area contributed by atoms with Gasteiger partial charge in [-0.15, -0.1) is 0 Å². The molecule has 0 saturated heterocycles. The van der Waals surface area contributed by atoms with E-state index < -0.39 is 0 Å². The van der Waals surface area contributed by atoms with E-state index in [9.17, 15) is 18.7 Å². The van der Waals surface area contributed by atoms with Gasteiger partial charge in [0.15, 0.2) is 0 Å². The lowest BCUT2D eigenvalue weighted by atomic mass is 9.70. The Morgan fingerprint density at radius 1 is 1.22 bits per heavy atom. The molecule has 7 heteroatoms. The topological polar surface area (TPSA) is 68.4 Å². The molecule has 3 aromatic rings. The van der Waals surface area contributed by atoms with Gasteiger partial charge in [-0.2, -0.15) is 0 Å². The number of benzene rings is 2. The van der Waals surface area contributed by atoms with E-state index in [1.54, 1.807) is 32.2 Å². The highest BCUT2D eigenvalue weighted by Gasteiger charge is 2.34. The Labute approximate surface area is 186 Å². The molecule has 1 atom stereocenters. The minimum atomic E-state index is -0.298. The predicted octanol–water partition coefficient (Wildman–Crippen LogP) is 4.94. The van der Waals surface area contributed by atoms with Crippen LogP contribution in [0, 0.1) is 24.5 Å². The van der Waals surface area contributed by atoms with Crippen LogP contribution in [0.5, 0.6) is 0 Å². The number of aliphatic hydroxyl groups is 1. The van der Waals surface area contributed by atoms with Gasteiger partial charge in [0.2, 0.25) is 0 Å². The second kappa shape index (κ2) is 8.90. The lowest BCUT2D eigenvalue weighted by Crippen LogP contribution is -2.46. The number of hydrogen-bond acceptors (Lipinski definition) is 2. The van der Waals surface area contributed by atoms with Crippen molar-refractivity contribution in [3.63, 3.8) is 0 Å². The number of nitrogens with zero attached hydrogens (tertiary/aromatic N) is 1. The van der Waals surface area contributed by atoms with E-state index in [1.165, 1.54) is 23.1 Å². The highest BCUT2D eigenvalue weighted by Crippen LogP contribution is 2.48. The molecule has 170 valence electrons. The van der Waals surface area contributed by atoms with Crippen LogP contribution in [0.1, 0.15) is 36.8 Å². The molecule has 1 aliphatic carbocycles. The number of aromatic amines is 1. The summed E-state index contributed by atoms with van der Waals surface area (Å²) in [5, 5.41) is 13.0. The fourth-order valence-corrected chi connectivity index (χ4v) is 4.53. The first-order valence-corrected chi connectivity index (χ1v) is 11.0. The Bertz CT molecular complexity index is 1120. The van der Waals surface area contributed by atoms with Gasteiger partial charge in [-0.1, -0.05) is 0 Å². The van der Waals surface area contributed by atoms with Crippen LogP contribution in [-0.2, 0) is 0 Å². The molecule has 0 radical (unpaired) electrons. The quantitative estimate of drug-likeness (QED) is 0.507. The molecule has 0 aliphatic heterocycles. The highest BCUT2D eigenvalue weighted by molar-refractivity contribution is 5.93. The average Bonchev–Trinajstić information content (AvgIpc) is 3.11. The highest BCUT2D eigenvalue weighted by atomic mass is 19.1. The number of likely N-dealkylation sites (N-methyl/N-ethyl adjacent to an activating group) is 1. The zero-order chi connectivity index (χ0) is 23.0. The molecule has 5 nitrogen and oxygen atoms in total. The number of H-pyrrole nitrogens is 1. The summed E-state index contributed by atoms with van der Waals surface area (Å²) in [5.74, 6) is -0.0258.